The first-order valence-corrected chi connectivity index (χ1v) is 5.33. The van der Waals surface area contributed by atoms with Crippen LogP contribution in [0, 0.1) is 0 Å². The van der Waals surface area contributed by atoms with Crippen LogP contribution in [0.3, 0.4) is 0 Å². The molecule has 4 heteroatoms. The van der Waals surface area contributed by atoms with Crippen LogP contribution < -0.4 is 0 Å². The number of carbonyl (C=O) groups is 1. The SMILES string of the molecule is CCOC(CSC(C)(C)C)C(=O)O. The van der Waals surface area contributed by atoms with E-state index < -0.39 is 12.1 Å². The first-order valence-electron chi connectivity index (χ1n) is 4.35. The molecule has 1 N–H and O–H groups in total. The quantitative estimate of drug-likeness (QED) is 0.747. The van der Waals surface area contributed by atoms with Gasteiger partial charge in [-0.2, -0.15) is 11.8 Å². The number of rotatable bonds is 5. The Morgan fingerprint density at radius 3 is 2.38 bits per heavy atom. The van der Waals surface area contributed by atoms with Gasteiger partial charge in [0.2, 0.25) is 0 Å². The van der Waals surface area contributed by atoms with Gasteiger partial charge in [0.1, 0.15) is 0 Å². The first-order chi connectivity index (χ1) is 5.87. The van der Waals surface area contributed by atoms with Gasteiger partial charge in [-0.3, -0.25) is 0 Å². The molecule has 1 atom stereocenters. The van der Waals surface area contributed by atoms with Crippen molar-refractivity contribution in [3.05, 3.63) is 0 Å². The summed E-state index contributed by atoms with van der Waals surface area (Å²) in [4.78, 5) is 10.7. The van der Waals surface area contributed by atoms with Gasteiger partial charge >= 0.3 is 5.97 Å². The van der Waals surface area contributed by atoms with Gasteiger partial charge in [-0.25, -0.2) is 4.79 Å². The number of carboxylic acids is 1. The van der Waals surface area contributed by atoms with Crippen LogP contribution >= 0.6 is 11.8 Å². The molecule has 0 aliphatic rings. The van der Waals surface area contributed by atoms with E-state index in [1.165, 1.54) is 0 Å². The lowest BCUT2D eigenvalue weighted by atomic mass is 10.3. The van der Waals surface area contributed by atoms with Crippen molar-refractivity contribution in [2.24, 2.45) is 0 Å². The zero-order valence-corrected chi connectivity index (χ0v) is 9.48. The van der Waals surface area contributed by atoms with Crippen molar-refractivity contribution >= 4 is 17.7 Å². The molecular formula is C9H18O3S. The lowest BCUT2D eigenvalue weighted by molar-refractivity contribution is -0.148. The minimum Gasteiger partial charge on any atom is -0.479 e. The Balaban J connectivity index is 3.90. The topological polar surface area (TPSA) is 46.5 Å². The maximum atomic E-state index is 10.7. The Morgan fingerprint density at radius 1 is 1.54 bits per heavy atom. The fraction of sp³-hybridized carbons (Fsp3) is 0.889. The molecule has 3 nitrogen and oxygen atoms in total. The summed E-state index contributed by atoms with van der Waals surface area (Å²) in [5.41, 5.74) is 0. The van der Waals surface area contributed by atoms with Crippen LogP contribution in [0.1, 0.15) is 27.7 Å². The van der Waals surface area contributed by atoms with Gasteiger partial charge in [0.15, 0.2) is 6.10 Å². The molecule has 78 valence electrons. The fourth-order valence-electron chi connectivity index (χ4n) is 0.718. The molecule has 0 aromatic heterocycles. The van der Waals surface area contributed by atoms with Gasteiger partial charge in [0.05, 0.1) is 0 Å². The second-order valence-electron chi connectivity index (χ2n) is 3.71. The average molecular weight is 206 g/mol. The predicted molar refractivity (Wildman–Crippen MR) is 55.3 cm³/mol. The Hall–Kier alpha value is -0.220. The molecule has 0 fully saturated rings. The Morgan fingerprint density at radius 2 is 2.08 bits per heavy atom. The van der Waals surface area contributed by atoms with Crippen LogP contribution in [0.25, 0.3) is 0 Å². The van der Waals surface area contributed by atoms with Gasteiger partial charge in [0.25, 0.3) is 0 Å². The summed E-state index contributed by atoms with van der Waals surface area (Å²) in [7, 11) is 0. The van der Waals surface area contributed by atoms with E-state index in [-0.39, 0.29) is 4.75 Å². The smallest absolute Gasteiger partial charge is 0.333 e. The van der Waals surface area contributed by atoms with E-state index >= 15 is 0 Å². The summed E-state index contributed by atoms with van der Waals surface area (Å²) < 4.78 is 5.17. The molecule has 0 saturated heterocycles. The Kier molecular flexibility index (Phi) is 5.40. The maximum Gasteiger partial charge on any atom is 0.333 e. The van der Waals surface area contributed by atoms with E-state index in [4.69, 9.17) is 9.84 Å². The van der Waals surface area contributed by atoms with Crippen LogP contribution in [0.15, 0.2) is 0 Å². The van der Waals surface area contributed by atoms with Gasteiger partial charge in [-0.05, 0) is 6.92 Å². The van der Waals surface area contributed by atoms with E-state index in [0.29, 0.717) is 12.4 Å². The molecule has 0 aromatic rings. The number of ether oxygens (including phenoxy) is 1. The van der Waals surface area contributed by atoms with Crippen LogP contribution in [0.4, 0.5) is 0 Å². The van der Waals surface area contributed by atoms with Crippen molar-refractivity contribution in [1.82, 2.24) is 0 Å². The number of hydrogen-bond acceptors (Lipinski definition) is 3. The van der Waals surface area contributed by atoms with Gasteiger partial charge in [0, 0.05) is 17.1 Å². The minimum absolute atomic E-state index is 0.0881. The van der Waals surface area contributed by atoms with Crippen LogP contribution in [0.2, 0.25) is 0 Å². The van der Waals surface area contributed by atoms with E-state index in [9.17, 15) is 4.79 Å². The third-order valence-corrected chi connectivity index (χ3v) is 2.65. The molecule has 0 amide bonds. The van der Waals surface area contributed by atoms with Crippen LogP contribution in [-0.2, 0) is 9.53 Å². The summed E-state index contributed by atoms with van der Waals surface area (Å²) in [6, 6.07) is 0. The summed E-state index contributed by atoms with van der Waals surface area (Å²) in [6.07, 6.45) is -0.672. The highest BCUT2D eigenvalue weighted by Crippen LogP contribution is 2.24. The molecular weight excluding hydrogens is 188 g/mol. The van der Waals surface area contributed by atoms with Crippen molar-refractivity contribution < 1.29 is 14.6 Å². The second kappa shape index (κ2) is 5.50. The zero-order valence-electron chi connectivity index (χ0n) is 8.66. The third-order valence-electron chi connectivity index (χ3n) is 1.31. The van der Waals surface area contributed by atoms with E-state index in [0.717, 1.165) is 0 Å². The normalized spacial score (nSPS) is 14.2. The molecule has 0 aromatic carbocycles. The molecule has 0 heterocycles. The van der Waals surface area contributed by atoms with E-state index in [1.54, 1.807) is 18.7 Å². The molecule has 13 heavy (non-hydrogen) atoms. The number of aliphatic carboxylic acids is 1. The summed E-state index contributed by atoms with van der Waals surface area (Å²) in [5, 5.41) is 8.76. The number of thioether (sulfide) groups is 1. The van der Waals surface area contributed by atoms with E-state index in [2.05, 4.69) is 20.8 Å². The Bertz CT molecular complexity index is 163. The highest BCUT2D eigenvalue weighted by atomic mass is 32.2. The summed E-state index contributed by atoms with van der Waals surface area (Å²) >= 11 is 1.60. The number of carboxylic acid groups (broad SMARTS) is 1. The molecule has 0 aliphatic heterocycles. The summed E-state index contributed by atoms with van der Waals surface area (Å²) in [5.74, 6) is -0.370. The molecule has 1 unspecified atom stereocenters. The van der Waals surface area contributed by atoms with Gasteiger partial charge in [-0.1, -0.05) is 20.8 Å². The molecule has 0 saturated carbocycles. The lowest BCUT2D eigenvalue weighted by Gasteiger charge is -2.20. The molecule has 0 spiro atoms. The molecule has 0 aliphatic carbocycles. The monoisotopic (exact) mass is 206 g/mol. The second-order valence-corrected chi connectivity index (χ2v) is 5.55. The van der Waals surface area contributed by atoms with Crippen molar-refractivity contribution in [3.63, 3.8) is 0 Å². The standard InChI is InChI=1S/C9H18O3S/c1-5-12-7(8(10)11)6-13-9(2,3)4/h7H,5-6H2,1-4H3,(H,10,11). The minimum atomic E-state index is -0.876. The van der Waals surface area contributed by atoms with E-state index in [1.807, 2.05) is 0 Å². The van der Waals surface area contributed by atoms with Crippen molar-refractivity contribution in [3.8, 4) is 0 Å². The number of hydrogen-bond donors (Lipinski definition) is 1. The average Bonchev–Trinajstić information content (AvgIpc) is 1.95. The molecule has 0 bridgehead atoms. The molecule has 0 rings (SSSR count). The zero-order chi connectivity index (χ0) is 10.5. The molecule has 0 radical (unpaired) electrons. The van der Waals surface area contributed by atoms with Crippen molar-refractivity contribution in [2.75, 3.05) is 12.4 Å². The fourth-order valence-corrected chi connectivity index (χ4v) is 1.61. The maximum absolute atomic E-state index is 10.7. The highest BCUT2D eigenvalue weighted by Gasteiger charge is 2.21. The van der Waals surface area contributed by atoms with Crippen molar-refractivity contribution in [1.29, 1.82) is 0 Å². The van der Waals surface area contributed by atoms with Crippen LogP contribution in [-0.4, -0.2) is 34.3 Å². The van der Waals surface area contributed by atoms with Crippen molar-refractivity contribution in [2.45, 2.75) is 38.5 Å². The lowest BCUT2D eigenvalue weighted by Crippen LogP contribution is -2.28. The van der Waals surface area contributed by atoms with Gasteiger partial charge < -0.3 is 9.84 Å². The summed E-state index contributed by atoms with van der Waals surface area (Å²) in [6.45, 7) is 8.42. The highest BCUT2D eigenvalue weighted by molar-refractivity contribution is 8.00. The Labute approximate surface area is 83.9 Å². The predicted octanol–water partition coefficient (Wildman–Crippen LogP) is 2.01. The first kappa shape index (κ1) is 12.8. The van der Waals surface area contributed by atoms with Gasteiger partial charge in [-0.15, -0.1) is 0 Å². The third kappa shape index (κ3) is 6.90. The van der Waals surface area contributed by atoms with Crippen LogP contribution in [0.5, 0.6) is 0 Å². The largest absolute Gasteiger partial charge is 0.479 e.